The summed E-state index contributed by atoms with van der Waals surface area (Å²) in [6.07, 6.45) is 0. The lowest BCUT2D eigenvalue weighted by Gasteiger charge is -2.12. The second-order valence-electron chi connectivity index (χ2n) is 6.12. The van der Waals surface area contributed by atoms with E-state index in [1.807, 2.05) is 0 Å². The molecule has 0 aliphatic rings. The normalized spacial score (nSPS) is 10.4. The van der Waals surface area contributed by atoms with Crippen LogP contribution in [0.25, 0.3) is 0 Å². The zero-order chi connectivity index (χ0) is 22.0. The minimum atomic E-state index is -0.844. The fourth-order valence-electron chi connectivity index (χ4n) is 2.80. The highest BCUT2D eigenvalue weighted by Gasteiger charge is 2.27. The largest absolute Gasteiger partial charge is 0.507 e. The average molecular weight is 408 g/mol. The number of aromatic hydroxyl groups is 2. The van der Waals surface area contributed by atoms with Gasteiger partial charge in [-0.3, -0.25) is 29.8 Å². The molecule has 30 heavy (non-hydrogen) atoms. The van der Waals surface area contributed by atoms with Crippen molar-refractivity contribution in [3.05, 3.63) is 103 Å². The summed E-state index contributed by atoms with van der Waals surface area (Å²) in [6.45, 7) is 0. The van der Waals surface area contributed by atoms with E-state index in [2.05, 4.69) is 0 Å². The minimum absolute atomic E-state index is 0.0563. The Morgan fingerprint density at radius 1 is 0.600 bits per heavy atom. The van der Waals surface area contributed by atoms with Gasteiger partial charge in [-0.25, -0.2) is 0 Å². The van der Waals surface area contributed by atoms with Gasteiger partial charge < -0.3 is 10.2 Å². The molecule has 0 aromatic heterocycles. The summed E-state index contributed by atoms with van der Waals surface area (Å²) in [7, 11) is 0. The molecular weight excluding hydrogens is 396 g/mol. The number of hydrogen-bond donors (Lipinski definition) is 2. The molecule has 0 saturated heterocycles. The molecule has 0 unspecified atom stereocenters. The van der Waals surface area contributed by atoms with Gasteiger partial charge in [0.1, 0.15) is 11.5 Å². The van der Waals surface area contributed by atoms with Gasteiger partial charge in [-0.2, -0.15) is 0 Å². The first-order chi connectivity index (χ1) is 14.2. The third kappa shape index (κ3) is 3.69. The number of nitro benzene ring substituents is 2. The van der Waals surface area contributed by atoms with Crippen molar-refractivity contribution < 1.29 is 29.6 Å². The molecule has 3 rings (SSSR count). The number of hydrogen-bond acceptors (Lipinski definition) is 8. The molecule has 0 radical (unpaired) electrons. The Labute approximate surface area is 167 Å². The number of carbonyl (C=O) groups excluding carboxylic acids is 2. The van der Waals surface area contributed by atoms with Gasteiger partial charge in [0.15, 0.2) is 11.6 Å². The molecule has 0 spiro atoms. The maximum atomic E-state index is 12.9. The van der Waals surface area contributed by atoms with Crippen molar-refractivity contribution in [1.29, 1.82) is 0 Å². The first kappa shape index (κ1) is 20.1. The molecule has 0 atom stereocenters. The number of phenols is 2. The van der Waals surface area contributed by atoms with Crippen LogP contribution in [-0.4, -0.2) is 31.6 Å². The van der Waals surface area contributed by atoms with Crippen LogP contribution in [0.2, 0.25) is 0 Å². The van der Waals surface area contributed by atoms with Crippen LogP contribution < -0.4 is 0 Å². The SMILES string of the molecule is O=C(c1ccc([N+](=O)[O-])cc1)c1c(O)ccc(O)c1C(=O)c1ccc([N+](=O)[O-])cc1. The number of phenolic OH excluding ortho intramolecular Hbond substituents is 2. The van der Waals surface area contributed by atoms with Crippen LogP contribution in [0.4, 0.5) is 11.4 Å². The number of carbonyl (C=O) groups is 2. The molecule has 0 bridgehead atoms. The van der Waals surface area contributed by atoms with E-state index >= 15 is 0 Å². The molecule has 10 heteroatoms. The van der Waals surface area contributed by atoms with Gasteiger partial charge in [0, 0.05) is 35.4 Å². The second-order valence-corrected chi connectivity index (χ2v) is 6.12. The predicted octanol–water partition coefficient (Wildman–Crippen LogP) is 3.38. The first-order valence-electron chi connectivity index (χ1n) is 8.34. The Hall–Kier alpha value is -4.60. The zero-order valence-electron chi connectivity index (χ0n) is 15.0. The third-order valence-electron chi connectivity index (χ3n) is 4.30. The molecule has 0 aliphatic carbocycles. The Morgan fingerprint density at radius 2 is 0.900 bits per heavy atom. The summed E-state index contributed by atoms with van der Waals surface area (Å²) in [6, 6.07) is 11.0. The van der Waals surface area contributed by atoms with Gasteiger partial charge >= 0.3 is 0 Å². The Balaban J connectivity index is 2.09. The van der Waals surface area contributed by atoms with Crippen molar-refractivity contribution in [3.63, 3.8) is 0 Å². The molecule has 3 aromatic rings. The lowest BCUT2D eigenvalue weighted by Crippen LogP contribution is -2.12. The lowest BCUT2D eigenvalue weighted by atomic mass is 9.91. The van der Waals surface area contributed by atoms with Gasteiger partial charge in [0.05, 0.1) is 21.0 Å². The van der Waals surface area contributed by atoms with Gasteiger partial charge in [0.25, 0.3) is 11.4 Å². The summed E-state index contributed by atoms with van der Waals surface area (Å²) in [5, 5.41) is 42.0. The van der Waals surface area contributed by atoms with E-state index in [1.165, 1.54) is 0 Å². The van der Waals surface area contributed by atoms with Crippen molar-refractivity contribution in [1.82, 2.24) is 0 Å². The number of ketones is 2. The fourth-order valence-corrected chi connectivity index (χ4v) is 2.80. The van der Waals surface area contributed by atoms with Gasteiger partial charge in [0.2, 0.25) is 0 Å². The van der Waals surface area contributed by atoms with E-state index < -0.39 is 44.0 Å². The standard InChI is InChI=1S/C20H12N2O8/c23-15-9-10-16(24)18(20(26)12-3-7-14(8-4-12)22(29)30)17(15)19(25)11-1-5-13(6-2-11)21(27)28/h1-10,23-24H. The molecule has 0 saturated carbocycles. The highest BCUT2D eigenvalue weighted by atomic mass is 16.6. The van der Waals surface area contributed by atoms with Crippen LogP contribution in [0.1, 0.15) is 31.8 Å². The molecule has 150 valence electrons. The van der Waals surface area contributed by atoms with Gasteiger partial charge in [-0.05, 0) is 36.4 Å². The first-order valence-corrected chi connectivity index (χ1v) is 8.34. The van der Waals surface area contributed by atoms with Crippen LogP contribution in [0.15, 0.2) is 60.7 Å². The van der Waals surface area contributed by atoms with Gasteiger partial charge in [-0.15, -0.1) is 0 Å². The second kappa shape index (κ2) is 7.80. The molecule has 10 nitrogen and oxygen atoms in total. The quantitative estimate of drug-likeness (QED) is 0.271. The summed E-state index contributed by atoms with van der Waals surface area (Å²) in [5.74, 6) is -2.85. The van der Waals surface area contributed by atoms with Crippen LogP contribution in [0, 0.1) is 20.2 Å². The Bertz CT molecular complexity index is 1090. The van der Waals surface area contributed by atoms with E-state index in [4.69, 9.17) is 0 Å². The molecule has 2 N–H and O–H groups in total. The van der Waals surface area contributed by atoms with E-state index in [-0.39, 0.29) is 22.5 Å². The summed E-state index contributed by atoms with van der Waals surface area (Å²) >= 11 is 0. The number of non-ortho nitro benzene ring substituents is 2. The molecule has 3 aromatic carbocycles. The average Bonchev–Trinajstić information content (AvgIpc) is 2.74. The Kier molecular flexibility index (Phi) is 5.23. The van der Waals surface area contributed by atoms with E-state index in [9.17, 15) is 40.0 Å². The zero-order valence-corrected chi connectivity index (χ0v) is 15.0. The van der Waals surface area contributed by atoms with E-state index in [0.717, 1.165) is 60.7 Å². The smallest absolute Gasteiger partial charge is 0.269 e. The monoisotopic (exact) mass is 408 g/mol. The highest BCUT2D eigenvalue weighted by molar-refractivity contribution is 6.22. The van der Waals surface area contributed by atoms with E-state index in [0.29, 0.717) is 0 Å². The van der Waals surface area contributed by atoms with Crippen molar-refractivity contribution in [3.8, 4) is 11.5 Å². The molecule has 0 fully saturated rings. The van der Waals surface area contributed by atoms with E-state index in [1.54, 1.807) is 0 Å². The summed E-state index contributed by atoms with van der Waals surface area (Å²) < 4.78 is 0. The van der Waals surface area contributed by atoms with Crippen LogP contribution in [-0.2, 0) is 0 Å². The van der Waals surface area contributed by atoms with Crippen LogP contribution in [0.5, 0.6) is 11.5 Å². The predicted molar refractivity (Wildman–Crippen MR) is 103 cm³/mol. The molecule has 0 aliphatic heterocycles. The number of benzene rings is 3. The minimum Gasteiger partial charge on any atom is -0.507 e. The van der Waals surface area contributed by atoms with Crippen LogP contribution in [0.3, 0.4) is 0 Å². The van der Waals surface area contributed by atoms with Crippen LogP contribution >= 0.6 is 0 Å². The van der Waals surface area contributed by atoms with Crippen molar-refractivity contribution in [2.24, 2.45) is 0 Å². The maximum Gasteiger partial charge on any atom is 0.269 e. The fraction of sp³-hybridized carbons (Fsp3) is 0. The highest BCUT2D eigenvalue weighted by Crippen LogP contribution is 2.33. The maximum absolute atomic E-state index is 12.9. The summed E-state index contributed by atoms with van der Waals surface area (Å²) in [4.78, 5) is 46.1. The topological polar surface area (TPSA) is 161 Å². The number of nitro groups is 2. The van der Waals surface area contributed by atoms with Crippen molar-refractivity contribution >= 4 is 22.9 Å². The molecule has 0 heterocycles. The van der Waals surface area contributed by atoms with Crippen molar-refractivity contribution in [2.75, 3.05) is 0 Å². The molecule has 0 amide bonds. The third-order valence-corrected chi connectivity index (χ3v) is 4.30. The van der Waals surface area contributed by atoms with Crippen molar-refractivity contribution in [2.45, 2.75) is 0 Å². The number of rotatable bonds is 6. The Morgan fingerprint density at radius 3 is 1.17 bits per heavy atom. The number of nitrogens with zero attached hydrogens (tertiary/aromatic N) is 2. The lowest BCUT2D eigenvalue weighted by molar-refractivity contribution is -0.385. The van der Waals surface area contributed by atoms with Gasteiger partial charge in [-0.1, -0.05) is 0 Å². The summed E-state index contributed by atoms with van der Waals surface area (Å²) in [5.41, 5.74) is -1.61. The molecular formula is C20H12N2O8.